The lowest BCUT2D eigenvalue weighted by Crippen LogP contribution is -2.34. The zero-order valence-corrected chi connectivity index (χ0v) is 10.8. The minimum Gasteiger partial charge on any atom is -0.496 e. The SMILES string of the molecule is C=CCNC(=O)[C@@H]1CC(c2ccccc2OC)=NO1. The van der Waals surface area contributed by atoms with Crippen LogP contribution < -0.4 is 10.1 Å². The second kappa shape index (κ2) is 6.04. The zero-order chi connectivity index (χ0) is 13.7. The van der Waals surface area contributed by atoms with Crippen LogP contribution in [-0.2, 0) is 9.63 Å². The van der Waals surface area contributed by atoms with Crippen LogP contribution in [0.5, 0.6) is 5.75 Å². The van der Waals surface area contributed by atoms with Crippen LogP contribution in [0, 0.1) is 0 Å². The largest absolute Gasteiger partial charge is 0.496 e. The summed E-state index contributed by atoms with van der Waals surface area (Å²) in [5.41, 5.74) is 1.57. The molecule has 1 aliphatic heterocycles. The third-order valence-corrected chi connectivity index (χ3v) is 2.80. The molecule has 5 nitrogen and oxygen atoms in total. The van der Waals surface area contributed by atoms with Crippen molar-refractivity contribution in [1.82, 2.24) is 5.32 Å². The van der Waals surface area contributed by atoms with E-state index < -0.39 is 6.10 Å². The molecule has 0 radical (unpaired) electrons. The monoisotopic (exact) mass is 260 g/mol. The highest BCUT2D eigenvalue weighted by Crippen LogP contribution is 2.24. The summed E-state index contributed by atoms with van der Waals surface area (Å²) >= 11 is 0. The number of hydrogen-bond acceptors (Lipinski definition) is 4. The molecule has 1 aliphatic rings. The second-order valence-corrected chi connectivity index (χ2v) is 4.07. The number of methoxy groups -OCH3 is 1. The van der Waals surface area contributed by atoms with Crippen LogP contribution in [0.2, 0.25) is 0 Å². The van der Waals surface area contributed by atoms with Gasteiger partial charge in [-0.15, -0.1) is 6.58 Å². The van der Waals surface area contributed by atoms with Crippen molar-refractivity contribution >= 4 is 11.6 Å². The van der Waals surface area contributed by atoms with Crippen molar-refractivity contribution in [3.63, 3.8) is 0 Å². The van der Waals surface area contributed by atoms with E-state index in [0.717, 1.165) is 17.0 Å². The van der Waals surface area contributed by atoms with Gasteiger partial charge >= 0.3 is 0 Å². The molecule has 5 heteroatoms. The highest BCUT2D eigenvalue weighted by molar-refractivity contribution is 6.05. The Morgan fingerprint density at radius 1 is 1.63 bits per heavy atom. The lowest BCUT2D eigenvalue weighted by Gasteiger charge is -2.08. The molecule has 1 N–H and O–H groups in total. The summed E-state index contributed by atoms with van der Waals surface area (Å²) in [4.78, 5) is 16.9. The maximum atomic E-state index is 11.7. The van der Waals surface area contributed by atoms with E-state index in [1.54, 1.807) is 13.2 Å². The number of amides is 1. The summed E-state index contributed by atoms with van der Waals surface area (Å²) in [6.07, 6.45) is 1.47. The first kappa shape index (κ1) is 13.1. The highest BCUT2D eigenvalue weighted by Gasteiger charge is 2.29. The normalized spacial score (nSPS) is 17.3. The number of oxime groups is 1. The van der Waals surface area contributed by atoms with E-state index in [1.807, 2.05) is 24.3 Å². The fraction of sp³-hybridized carbons (Fsp3) is 0.286. The molecule has 100 valence electrons. The van der Waals surface area contributed by atoms with Gasteiger partial charge in [-0.3, -0.25) is 4.79 Å². The van der Waals surface area contributed by atoms with Crippen molar-refractivity contribution in [2.24, 2.45) is 5.16 Å². The van der Waals surface area contributed by atoms with Gasteiger partial charge in [0, 0.05) is 18.5 Å². The molecule has 0 unspecified atom stereocenters. The zero-order valence-electron chi connectivity index (χ0n) is 10.8. The van der Waals surface area contributed by atoms with Crippen molar-refractivity contribution in [3.8, 4) is 5.75 Å². The van der Waals surface area contributed by atoms with Gasteiger partial charge in [0.15, 0.2) is 0 Å². The van der Waals surface area contributed by atoms with Crippen molar-refractivity contribution in [1.29, 1.82) is 0 Å². The summed E-state index contributed by atoms with van der Waals surface area (Å²) in [7, 11) is 1.60. The van der Waals surface area contributed by atoms with Crippen molar-refractivity contribution in [2.75, 3.05) is 13.7 Å². The van der Waals surface area contributed by atoms with Gasteiger partial charge < -0.3 is 14.9 Å². The Balaban J connectivity index is 2.05. The lowest BCUT2D eigenvalue weighted by atomic mass is 10.0. The maximum Gasteiger partial charge on any atom is 0.264 e. The van der Waals surface area contributed by atoms with Gasteiger partial charge in [0.25, 0.3) is 5.91 Å². The summed E-state index contributed by atoms with van der Waals surface area (Å²) in [6, 6.07) is 7.52. The molecule has 0 saturated heterocycles. The molecular formula is C14H16N2O3. The molecule has 0 spiro atoms. The van der Waals surface area contributed by atoms with Crippen LogP contribution >= 0.6 is 0 Å². The lowest BCUT2D eigenvalue weighted by molar-refractivity contribution is -0.130. The first-order valence-electron chi connectivity index (χ1n) is 6.01. The summed E-state index contributed by atoms with van der Waals surface area (Å²) in [6.45, 7) is 3.96. The Labute approximate surface area is 111 Å². The van der Waals surface area contributed by atoms with E-state index in [1.165, 1.54) is 0 Å². The summed E-state index contributed by atoms with van der Waals surface area (Å²) < 4.78 is 5.27. The van der Waals surface area contributed by atoms with Gasteiger partial charge in [0.2, 0.25) is 6.10 Å². The predicted molar refractivity (Wildman–Crippen MR) is 72.2 cm³/mol. The Hall–Kier alpha value is -2.30. The molecule has 0 fully saturated rings. The minimum atomic E-state index is -0.583. The number of ether oxygens (including phenoxy) is 1. The van der Waals surface area contributed by atoms with E-state index in [2.05, 4.69) is 17.1 Å². The molecule has 0 aliphatic carbocycles. The molecule has 1 aromatic rings. The third kappa shape index (κ3) is 2.93. The maximum absolute atomic E-state index is 11.7. The Bertz CT molecular complexity index is 511. The summed E-state index contributed by atoms with van der Waals surface area (Å²) in [5.74, 6) is 0.533. The Morgan fingerprint density at radius 3 is 3.16 bits per heavy atom. The molecule has 0 bridgehead atoms. The highest BCUT2D eigenvalue weighted by atomic mass is 16.6. The number of carbonyl (C=O) groups excluding carboxylic acids is 1. The van der Waals surface area contributed by atoms with Gasteiger partial charge in [-0.2, -0.15) is 0 Å². The topological polar surface area (TPSA) is 59.9 Å². The van der Waals surface area contributed by atoms with Gasteiger partial charge in [-0.05, 0) is 12.1 Å². The first-order chi connectivity index (χ1) is 9.26. The Kier molecular flexibility index (Phi) is 4.18. The predicted octanol–water partition coefficient (Wildman–Crippen LogP) is 1.49. The van der Waals surface area contributed by atoms with Crippen LogP contribution in [0.1, 0.15) is 12.0 Å². The molecule has 1 heterocycles. The number of nitrogens with zero attached hydrogens (tertiary/aromatic N) is 1. The average Bonchev–Trinajstić information content (AvgIpc) is 2.94. The average molecular weight is 260 g/mol. The van der Waals surface area contributed by atoms with Gasteiger partial charge in [-0.1, -0.05) is 23.4 Å². The van der Waals surface area contributed by atoms with E-state index in [-0.39, 0.29) is 5.91 Å². The van der Waals surface area contributed by atoms with Crippen LogP contribution in [0.4, 0.5) is 0 Å². The molecule has 2 rings (SSSR count). The van der Waals surface area contributed by atoms with Crippen LogP contribution in [0.15, 0.2) is 42.1 Å². The van der Waals surface area contributed by atoms with Crippen LogP contribution in [-0.4, -0.2) is 31.4 Å². The molecule has 1 amide bonds. The van der Waals surface area contributed by atoms with Crippen LogP contribution in [0.25, 0.3) is 0 Å². The fourth-order valence-corrected chi connectivity index (χ4v) is 1.85. The van der Waals surface area contributed by atoms with Gasteiger partial charge in [0.1, 0.15) is 5.75 Å². The van der Waals surface area contributed by atoms with E-state index >= 15 is 0 Å². The minimum absolute atomic E-state index is 0.187. The van der Waals surface area contributed by atoms with Crippen molar-refractivity contribution in [3.05, 3.63) is 42.5 Å². The number of carbonyl (C=O) groups is 1. The standard InChI is InChI=1S/C14H16N2O3/c1-3-8-15-14(17)13-9-11(16-19-13)10-6-4-5-7-12(10)18-2/h3-7,13H,1,8-9H2,2H3,(H,15,17)/t13-/m0/s1. The van der Waals surface area contributed by atoms with Gasteiger partial charge in [-0.25, -0.2) is 0 Å². The third-order valence-electron chi connectivity index (χ3n) is 2.80. The first-order valence-corrected chi connectivity index (χ1v) is 6.01. The second-order valence-electron chi connectivity index (χ2n) is 4.07. The van der Waals surface area contributed by atoms with E-state index in [9.17, 15) is 4.79 Å². The quantitative estimate of drug-likeness (QED) is 0.816. The molecular weight excluding hydrogens is 244 g/mol. The van der Waals surface area contributed by atoms with Crippen LogP contribution in [0.3, 0.4) is 0 Å². The number of rotatable bonds is 5. The van der Waals surface area contributed by atoms with Crippen molar-refractivity contribution in [2.45, 2.75) is 12.5 Å². The molecule has 0 aromatic heterocycles. The number of hydrogen-bond donors (Lipinski definition) is 1. The van der Waals surface area contributed by atoms with E-state index in [4.69, 9.17) is 9.57 Å². The smallest absolute Gasteiger partial charge is 0.264 e. The van der Waals surface area contributed by atoms with Crippen molar-refractivity contribution < 1.29 is 14.4 Å². The molecule has 0 saturated carbocycles. The fourth-order valence-electron chi connectivity index (χ4n) is 1.85. The van der Waals surface area contributed by atoms with E-state index in [0.29, 0.717) is 13.0 Å². The molecule has 19 heavy (non-hydrogen) atoms. The number of nitrogens with one attached hydrogen (secondary N) is 1. The van der Waals surface area contributed by atoms with Gasteiger partial charge in [0.05, 0.1) is 12.8 Å². The molecule has 1 aromatic carbocycles. The summed E-state index contributed by atoms with van der Waals surface area (Å²) in [5, 5.41) is 6.66. The Morgan fingerprint density at radius 2 is 2.42 bits per heavy atom. The number of para-hydroxylation sites is 1. The molecule has 1 atom stereocenters. The number of benzene rings is 1.